The molecule has 0 aliphatic carbocycles. The van der Waals surface area contributed by atoms with Gasteiger partial charge in [0.1, 0.15) is 17.8 Å². The van der Waals surface area contributed by atoms with Crippen molar-refractivity contribution in [2.24, 2.45) is 15.1 Å². The fourth-order valence-corrected chi connectivity index (χ4v) is 2.86. The average molecular weight is 362 g/mol. The van der Waals surface area contributed by atoms with Crippen LogP contribution in [0.2, 0.25) is 0 Å². The minimum atomic E-state index is 0.0999. The first-order chi connectivity index (χ1) is 13.1. The molecule has 1 aromatic carbocycles. The van der Waals surface area contributed by atoms with Crippen LogP contribution >= 0.6 is 0 Å². The number of anilines is 2. The van der Waals surface area contributed by atoms with E-state index < -0.39 is 0 Å². The van der Waals surface area contributed by atoms with Crippen molar-refractivity contribution < 1.29 is 4.74 Å². The molecule has 1 unspecified atom stereocenters. The Morgan fingerprint density at radius 2 is 1.89 bits per heavy atom. The smallest absolute Gasteiger partial charge is 0.287 e. The van der Waals surface area contributed by atoms with Crippen molar-refractivity contribution in [2.75, 3.05) is 31.4 Å². The maximum atomic E-state index is 5.19. The van der Waals surface area contributed by atoms with Crippen molar-refractivity contribution >= 4 is 35.2 Å². The first kappa shape index (κ1) is 16.9. The molecule has 1 atom stereocenters. The van der Waals surface area contributed by atoms with Crippen LogP contribution in [0.25, 0.3) is 0 Å². The van der Waals surface area contributed by atoms with Gasteiger partial charge in [0.2, 0.25) is 0 Å². The number of quaternary nitrogens is 1. The summed E-state index contributed by atoms with van der Waals surface area (Å²) in [7, 11) is 5.56. The van der Waals surface area contributed by atoms with E-state index in [-0.39, 0.29) is 4.59 Å². The van der Waals surface area contributed by atoms with Crippen LogP contribution in [0.4, 0.5) is 17.2 Å². The molecule has 8 heteroatoms. The second-order valence-corrected chi connectivity index (χ2v) is 6.28. The summed E-state index contributed by atoms with van der Waals surface area (Å²) in [5.74, 6) is 2.88. The number of nitrogens with one attached hydrogen (secondary N) is 1. The van der Waals surface area contributed by atoms with Gasteiger partial charge in [0, 0.05) is 25.8 Å². The molecule has 0 fully saturated rings. The monoisotopic (exact) mass is 362 g/mol. The maximum Gasteiger partial charge on any atom is 0.287 e. The molecule has 2 aliphatic heterocycles. The zero-order valence-electron chi connectivity index (χ0n) is 15.4. The third-order valence-electron chi connectivity index (χ3n) is 4.31. The van der Waals surface area contributed by atoms with Crippen LogP contribution in [-0.4, -0.2) is 44.2 Å². The fraction of sp³-hybridized carbons (Fsp3) is 0.158. The van der Waals surface area contributed by atoms with Crippen LogP contribution in [0.5, 0.6) is 5.75 Å². The lowest BCUT2D eigenvalue weighted by Crippen LogP contribution is -2.44. The zero-order chi connectivity index (χ0) is 18.9. The molecule has 4 rings (SSSR count). The Bertz CT molecular complexity index is 959. The average Bonchev–Trinajstić information content (AvgIpc) is 3.07. The van der Waals surface area contributed by atoms with Gasteiger partial charge in [-0.1, -0.05) is 4.59 Å². The molecule has 0 spiro atoms. The van der Waals surface area contributed by atoms with Crippen molar-refractivity contribution in [3.05, 3.63) is 55.0 Å². The topological polar surface area (TPSA) is 74.5 Å². The van der Waals surface area contributed by atoms with E-state index in [9.17, 15) is 0 Å². The number of aliphatic imine (C=N–C) groups is 2. The maximum absolute atomic E-state index is 5.19. The lowest BCUT2D eigenvalue weighted by Gasteiger charge is -2.23. The number of hydrogen-bond donors (Lipinski definition) is 1. The highest BCUT2D eigenvalue weighted by atomic mass is 16.5. The Kier molecular flexibility index (Phi) is 4.17. The summed E-state index contributed by atoms with van der Waals surface area (Å²) in [5, 5.41) is 8.04. The minimum Gasteiger partial charge on any atom is -0.497 e. The number of pyridine rings is 1. The predicted molar refractivity (Wildman–Crippen MR) is 109 cm³/mol. The highest BCUT2D eigenvalue weighted by molar-refractivity contribution is 6.38. The molecule has 0 amide bonds. The standard InChI is InChI=1S/C19H20N7O/c1-25(2)17-9-6-15(12-21-17)26-11-10-20-13-18(26)23-19(24-26)22-14-4-7-16(27-3)8-5-14/h4-13H,1-3H3,(H,22,24)/q+1. The molecule has 8 nitrogen and oxygen atoms in total. The molecule has 136 valence electrons. The van der Waals surface area contributed by atoms with Crippen molar-refractivity contribution in [1.29, 1.82) is 0 Å². The molecule has 0 saturated carbocycles. The number of guanidine groups is 1. The number of aromatic nitrogens is 1. The van der Waals surface area contributed by atoms with Crippen LogP contribution in [0, 0.1) is 0 Å². The van der Waals surface area contributed by atoms with Crippen molar-refractivity contribution in [3.8, 4) is 5.75 Å². The Balaban J connectivity index is 1.67. The van der Waals surface area contributed by atoms with E-state index in [0.717, 1.165) is 22.9 Å². The summed E-state index contributed by atoms with van der Waals surface area (Å²) < 4.78 is 5.29. The summed E-state index contributed by atoms with van der Waals surface area (Å²) in [6, 6.07) is 11.6. The van der Waals surface area contributed by atoms with Gasteiger partial charge in [-0.05, 0) is 35.4 Å². The van der Waals surface area contributed by atoms with E-state index in [2.05, 4.69) is 20.3 Å². The van der Waals surface area contributed by atoms with Crippen molar-refractivity contribution in [2.45, 2.75) is 0 Å². The zero-order valence-corrected chi connectivity index (χ0v) is 15.4. The van der Waals surface area contributed by atoms with Gasteiger partial charge in [-0.25, -0.2) is 4.98 Å². The summed E-state index contributed by atoms with van der Waals surface area (Å²) in [4.78, 5) is 15.3. The third kappa shape index (κ3) is 3.06. The van der Waals surface area contributed by atoms with Gasteiger partial charge in [0.15, 0.2) is 11.9 Å². The Morgan fingerprint density at radius 1 is 1.07 bits per heavy atom. The van der Waals surface area contributed by atoms with Crippen LogP contribution in [-0.2, 0) is 0 Å². The van der Waals surface area contributed by atoms with E-state index in [1.807, 2.05) is 67.8 Å². The highest BCUT2D eigenvalue weighted by Crippen LogP contribution is 2.31. The van der Waals surface area contributed by atoms with Gasteiger partial charge >= 0.3 is 0 Å². The number of methoxy groups -OCH3 is 1. The lowest BCUT2D eigenvalue weighted by molar-refractivity contribution is 0.415. The molecule has 1 N–H and O–H groups in total. The number of hydrogen-bond acceptors (Lipinski definition) is 7. The second kappa shape index (κ2) is 6.65. The largest absolute Gasteiger partial charge is 0.497 e. The molecule has 0 saturated heterocycles. The third-order valence-corrected chi connectivity index (χ3v) is 4.31. The SMILES string of the molecule is COc1ccc(NC2=N[N+]3(c4ccc(N(C)C)nc4)C=CN=CC3=N2)cc1. The molecule has 1 aromatic heterocycles. The van der Waals surface area contributed by atoms with E-state index in [4.69, 9.17) is 9.84 Å². The molecule has 27 heavy (non-hydrogen) atoms. The fourth-order valence-electron chi connectivity index (χ4n) is 2.86. The normalized spacial score (nSPS) is 20.0. The van der Waals surface area contributed by atoms with E-state index >= 15 is 0 Å². The Hall–Kier alpha value is -3.52. The number of ether oxygens (including phenoxy) is 1. The van der Waals surface area contributed by atoms with Crippen LogP contribution in [0.3, 0.4) is 0 Å². The Morgan fingerprint density at radius 3 is 2.56 bits per heavy atom. The second-order valence-electron chi connectivity index (χ2n) is 6.28. The van der Waals surface area contributed by atoms with Crippen LogP contribution in [0.15, 0.2) is 70.1 Å². The Labute approximate surface area is 157 Å². The number of nitrogens with zero attached hydrogens (tertiary/aromatic N) is 6. The van der Waals surface area contributed by atoms with Crippen LogP contribution in [0.1, 0.15) is 0 Å². The number of amidine groups is 1. The quantitative estimate of drug-likeness (QED) is 0.849. The van der Waals surface area contributed by atoms with E-state index in [1.165, 1.54) is 0 Å². The van der Waals surface area contributed by atoms with Gasteiger partial charge in [0.25, 0.3) is 11.8 Å². The molecule has 2 aromatic rings. The van der Waals surface area contributed by atoms with Gasteiger partial charge in [-0.2, -0.15) is 4.99 Å². The molecular formula is C19H20N7O+. The van der Waals surface area contributed by atoms with Gasteiger partial charge in [0.05, 0.1) is 19.5 Å². The summed E-state index contributed by atoms with van der Waals surface area (Å²) in [5.41, 5.74) is 1.76. The molecule has 0 bridgehead atoms. The number of benzene rings is 1. The summed E-state index contributed by atoms with van der Waals surface area (Å²) >= 11 is 0. The molecule has 3 heterocycles. The predicted octanol–water partition coefficient (Wildman–Crippen LogP) is 2.81. The highest BCUT2D eigenvalue weighted by Gasteiger charge is 2.43. The minimum absolute atomic E-state index is 0.0999. The van der Waals surface area contributed by atoms with Crippen LogP contribution < -0.4 is 19.5 Å². The number of fused-ring (bicyclic) bond motifs is 1. The number of rotatable bonds is 4. The molecule has 2 aliphatic rings. The van der Waals surface area contributed by atoms with Gasteiger partial charge < -0.3 is 15.0 Å². The van der Waals surface area contributed by atoms with E-state index in [0.29, 0.717) is 11.8 Å². The van der Waals surface area contributed by atoms with Gasteiger partial charge in [-0.3, -0.25) is 4.99 Å². The van der Waals surface area contributed by atoms with Gasteiger partial charge in [-0.15, -0.1) is 0 Å². The van der Waals surface area contributed by atoms with Crippen molar-refractivity contribution in [3.63, 3.8) is 0 Å². The summed E-state index contributed by atoms with van der Waals surface area (Å²) in [6.07, 6.45) is 7.13. The van der Waals surface area contributed by atoms with Crippen molar-refractivity contribution in [1.82, 2.24) is 9.58 Å². The first-order valence-corrected chi connectivity index (χ1v) is 8.45. The lowest BCUT2D eigenvalue weighted by atomic mass is 10.3. The molecular weight excluding hydrogens is 342 g/mol. The molecule has 0 radical (unpaired) electrons. The first-order valence-electron chi connectivity index (χ1n) is 8.45. The summed E-state index contributed by atoms with van der Waals surface area (Å²) in [6.45, 7) is 0. The van der Waals surface area contributed by atoms with E-state index in [1.54, 1.807) is 19.5 Å².